The van der Waals surface area contributed by atoms with E-state index in [-0.39, 0.29) is 12.5 Å². The molecular weight excluding hydrogens is 322 g/mol. The van der Waals surface area contributed by atoms with Crippen LogP contribution in [0.15, 0.2) is 12.1 Å². The molecular formula is C14H17N3O5S. The number of nitrogens with one attached hydrogen (secondary N) is 1. The summed E-state index contributed by atoms with van der Waals surface area (Å²) in [5.41, 5.74) is 0.816. The van der Waals surface area contributed by atoms with Crippen molar-refractivity contribution in [2.75, 3.05) is 26.6 Å². The molecule has 0 spiro atoms. The third kappa shape index (κ3) is 4.22. The van der Waals surface area contributed by atoms with Crippen molar-refractivity contribution in [2.24, 2.45) is 0 Å². The number of amides is 1. The topological polar surface area (TPSA) is 91.8 Å². The number of hydrogen-bond donors (Lipinski definition) is 1. The van der Waals surface area contributed by atoms with Crippen molar-refractivity contribution in [3.05, 3.63) is 17.7 Å². The molecule has 8 nitrogen and oxygen atoms in total. The van der Waals surface area contributed by atoms with Crippen molar-refractivity contribution in [2.45, 2.75) is 13.5 Å². The lowest BCUT2D eigenvalue weighted by molar-refractivity contribution is -0.114. The number of anilines is 1. The fourth-order valence-corrected chi connectivity index (χ4v) is 2.47. The summed E-state index contributed by atoms with van der Waals surface area (Å²) in [5, 5.41) is 10.9. The second-order valence-corrected chi connectivity index (χ2v) is 5.32. The maximum atomic E-state index is 11.0. The van der Waals surface area contributed by atoms with Crippen LogP contribution < -0.4 is 24.3 Å². The molecule has 2 rings (SSSR count). The summed E-state index contributed by atoms with van der Waals surface area (Å²) < 4.78 is 21.4. The summed E-state index contributed by atoms with van der Waals surface area (Å²) in [6.45, 7) is 1.64. The fourth-order valence-electron chi connectivity index (χ4n) is 1.83. The molecule has 1 N–H and O–H groups in total. The largest absolute Gasteiger partial charge is 0.493 e. The molecule has 0 radical (unpaired) electrons. The van der Waals surface area contributed by atoms with Gasteiger partial charge in [0.2, 0.25) is 16.8 Å². The van der Waals surface area contributed by atoms with E-state index < -0.39 is 0 Å². The average molecular weight is 339 g/mol. The zero-order valence-corrected chi connectivity index (χ0v) is 14.0. The number of ether oxygens (including phenoxy) is 4. The van der Waals surface area contributed by atoms with Crippen LogP contribution in [-0.2, 0) is 11.4 Å². The van der Waals surface area contributed by atoms with Gasteiger partial charge in [0.05, 0.1) is 21.3 Å². The van der Waals surface area contributed by atoms with E-state index in [1.54, 1.807) is 33.5 Å². The van der Waals surface area contributed by atoms with Crippen molar-refractivity contribution in [3.8, 4) is 22.4 Å². The Bertz CT molecular complexity index is 664. The molecule has 1 aromatic carbocycles. The molecule has 0 aliphatic rings. The smallest absolute Gasteiger partial charge is 0.296 e. The molecule has 0 aliphatic carbocycles. The first kappa shape index (κ1) is 16.8. The van der Waals surface area contributed by atoms with E-state index in [1.807, 2.05) is 0 Å². The molecule has 2 aromatic rings. The Kier molecular flexibility index (Phi) is 5.58. The molecule has 1 heterocycles. The van der Waals surface area contributed by atoms with Gasteiger partial charge in [0.15, 0.2) is 11.5 Å². The van der Waals surface area contributed by atoms with Crippen LogP contribution in [0.25, 0.3) is 0 Å². The zero-order chi connectivity index (χ0) is 16.8. The van der Waals surface area contributed by atoms with Crippen LogP contribution in [0.3, 0.4) is 0 Å². The Hall–Kier alpha value is -2.55. The molecule has 1 aromatic heterocycles. The number of hydrogen-bond acceptors (Lipinski definition) is 8. The summed E-state index contributed by atoms with van der Waals surface area (Å²) in [7, 11) is 4.64. The molecule has 124 valence electrons. The molecule has 9 heteroatoms. The number of rotatable bonds is 7. The Labute approximate surface area is 137 Å². The number of methoxy groups -OCH3 is 3. The van der Waals surface area contributed by atoms with E-state index in [2.05, 4.69) is 15.5 Å². The second kappa shape index (κ2) is 7.63. The first-order valence-corrected chi connectivity index (χ1v) is 7.41. The quantitative estimate of drug-likeness (QED) is 0.826. The number of carbonyl (C=O) groups excluding carboxylic acids is 1. The highest BCUT2D eigenvalue weighted by atomic mass is 32.1. The SMILES string of the molecule is COc1cc(COc2nnc(NC(C)=O)s2)cc(OC)c1OC. The second-order valence-electron chi connectivity index (χ2n) is 4.38. The van der Waals surface area contributed by atoms with Gasteiger partial charge in [-0.15, -0.1) is 5.10 Å². The summed E-state index contributed by atoms with van der Waals surface area (Å²) >= 11 is 1.14. The number of aromatic nitrogens is 2. The van der Waals surface area contributed by atoms with Gasteiger partial charge in [-0.05, 0) is 29.0 Å². The number of carbonyl (C=O) groups is 1. The minimum atomic E-state index is -0.211. The van der Waals surface area contributed by atoms with E-state index in [0.717, 1.165) is 16.9 Å². The predicted molar refractivity (Wildman–Crippen MR) is 84.6 cm³/mol. The number of benzene rings is 1. The van der Waals surface area contributed by atoms with Crippen molar-refractivity contribution >= 4 is 22.4 Å². The summed E-state index contributed by atoms with van der Waals surface area (Å²) in [4.78, 5) is 11.0. The van der Waals surface area contributed by atoms with Crippen LogP contribution in [0.4, 0.5) is 5.13 Å². The molecule has 0 aliphatic heterocycles. The molecule has 0 atom stereocenters. The standard InChI is InChI=1S/C14H17N3O5S/c1-8(18)15-13-16-17-14(23-13)22-7-9-5-10(19-2)12(21-4)11(6-9)20-3/h5-6H,7H2,1-4H3,(H,15,16,18). The van der Waals surface area contributed by atoms with Gasteiger partial charge in [-0.2, -0.15) is 0 Å². The minimum absolute atomic E-state index is 0.211. The third-order valence-electron chi connectivity index (χ3n) is 2.78. The average Bonchev–Trinajstić information content (AvgIpc) is 2.98. The zero-order valence-electron chi connectivity index (χ0n) is 13.2. The first-order chi connectivity index (χ1) is 11.1. The van der Waals surface area contributed by atoms with Crippen molar-refractivity contribution in [1.82, 2.24) is 10.2 Å². The molecule has 1 amide bonds. The van der Waals surface area contributed by atoms with Gasteiger partial charge in [-0.25, -0.2) is 0 Å². The predicted octanol–water partition coefficient (Wildman–Crippen LogP) is 2.10. The van der Waals surface area contributed by atoms with Gasteiger partial charge < -0.3 is 24.3 Å². The Balaban J connectivity index is 2.11. The number of nitrogens with zero attached hydrogens (tertiary/aromatic N) is 2. The highest BCUT2D eigenvalue weighted by molar-refractivity contribution is 7.17. The summed E-state index contributed by atoms with van der Waals surface area (Å²) in [6, 6.07) is 3.58. The lowest BCUT2D eigenvalue weighted by Gasteiger charge is -2.13. The molecule has 0 fully saturated rings. The van der Waals surface area contributed by atoms with E-state index in [9.17, 15) is 4.79 Å². The lowest BCUT2D eigenvalue weighted by Crippen LogP contribution is -2.04. The van der Waals surface area contributed by atoms with Crippen LogP contribution in [0, 0.1) is 0 Å². The fraction of sp³-hybridized carbons (Fsp3) is 0.357. The monoisotopic (exact) mass is 339 g/mol. The first-order valence-electron chi connectivity index (χ1n) is 6.60. The Morgan fingerprint density at radius 1 is 1.13 bits per heavy atom. The Morgan fingerprint density at radius 3 is 2.30 bits per heavy atom. The summed E-state index contributed by atoms with van der Waals surface area (Å²) in [6.07, 6.45) is 0. The van der Waals surface area contributed by atoms with E-state index in [4.69, 9.17) is 18.9 Å². The molecule has 23 heavy (non-hydrogen) atoms. The van der Waals surface area contributed by atoms with Gasteiger partial charge in [0, 0.05) is 6.92 Å². The third-order valence-corrected chi connectivity index (χ3v) is 3.53. The maximum Gasteiger partial charge on any atom is 0.296 e. The van der Waals surface area contributed by atoms with Crippen LogP contribution in [0.5, 0.6) is 22.4 Å². The highest BCUT2D eigenvalue weighted by Gasteiger charge is 2.14. The molecule has 0 bridgehead atoms. The van der Waals surface area contributed by atoms with Crippen molar-refractivity contribution < 1.29 is 23.7 Å². The van der Waals surface area contributed by atoms with Gasteiger partial charge in [0.25, 0.3) is 5.19 Å². The van der Waals surface area contributed by atoms with Crippen LogP contribution in [0.1, 0.15) is 12.5 Å². The van der Waals surface area contributed by atoms with Crippen molar-refractivity contribution in [3.63, 3.8) is 0 Å². The molecule has 0 unspecified atom stereocenters. The highest BCUT2D eigenvalue weighted by Crippen LogP contribution is 2.38. The van der Waals surface area contributed by atoms with E-state index >= 15 is 0 Å². The van der Waals surface area contributed by atoms with Crippen LogP contribution in [-0.4, -0.2) is 37.4 Å². The van der Waals surface area contributed by atoms with Gasteiger partial charge >= 0.3 is 0 Å². The van der Waals surface area contributed by atoms with Crippen LogP contribution >= 0.6 is 11.3 Å². The lowest BCUT2D eigenvalue weighted by atomic mass is 10.2. The van der Waals surface area contributed by atoms with Crippen LogP contribution in [0.2, 0.25) is 0 Å². The van der Waals surface area contributed by atoms with Gasteiger partial charge in [0.1, 0.15) is 6.61 Å². The normalized spacial score (nSPS) is 10.1. The van der Waals surface area contributed by atoms with E-state index in [0.29, 0.717) is 27.6 Å². The van der Waals surface area contributed by atoms with Crippen molar-refractivity contribution in [1.29, 1.82) is 0 Å². The molecule has 0 saturated heterocycles. The maximum absolute atomic E-state index is 11.0. The van der Waals surface area contributed by atoms with Gasteiger partial charge in [-0.1, -0.05) is 5.10 Å². The van der Waals surface area contributed by atoms with Gasteiger partial charge in [-0.3, -0.25) is 4.79 Å². The summed E-state index contributed by atoms with van der Waals surface area (Å²) in [5.74, 6) is 1.39. The Morgan fingerprint density at radius 2 is 1.78 bits per heavy atom. The molecule has 0 saturated carbocycles. The minimum Gasteiger partial charge on any atom is -0.493 e. The van der Waals surface area contributed by atoms with E-state index in [1.165, 1.54) is 6.92 Å².